The van der Waals surface area contributed by atoms with Gasteiger partial charge in [-0.3, -0.25) is 9.59 Å². The summed E-state index contributed by atoms with van der Waals surface area (Å²) < 4.78 is 6.67. The summed E-state index contributed by atoms with van der Waals surface area (Å²) in [6.45, 7) is 1.78. The summed E-state index contributed by atoms with van der Waals surface area (Å²) in [6.07, 6.45) is 4.64. The zero-order valence-corrected chi connectivity index (χ0v) is 16.4. The Morgan fingerprint density at radius 1 is 1.21 bits per heavy atom. The molecule has 1 fully saturated rings. The van der Waals surface area contributed by atoms with Crippen LogP contribution in [0.25, 0.3) is 0 Å². The van der Waals surface area contributed by atoms with Gasteiger partial charge in [-0.1, -0.05) is 42.6 Å². The lowest BCUT2D eigenvalue weighted by Crippen LogP contribution is -2.41. The van der Waals surface area contributed by atoms with Crippen molar-refractivity contribution in [3.8, 4) is 0 Å². The Balaban J connectivity index is 1.67. The first kappa shape index (κ1) is 20.1. The number of pyridine rings is 1. The van der Waals surface area contributed by atoms with Gasteiger partial charge >= 0.3 is 5.97 Å². The number of esters is 1. The van der Waals surface area contributed by atoms with Gasteiger partial charge in [-0.05, 0) is 37.5 Å². The van der Waals surface area contributed by atoms with E-state index < -0.39 is 12.1 Å². The van der Waals surface area contributed by atoms with Gasteiger partial charge in [0, 0.05) is 23.3 Å². The van der Waals surface area contributed by atoms with Gasteiger partial charge in [0.15, 0.2) is 6.10 Å². The maximum Gasteiger partial charge on any atom is 0.340 e. The number of hydrogen-bond donors (Lipinski definition) is 1. The van der Waals surface area contributed by atoms with Crippen LogP contribution in [0.1, 0.15) is 48.5 Å². The Labute approximate surface area is 168 Å². The van der Waals surface area contributed by atoms with Crippen molar-refractivity contribution >= 4 is 23.5 Å². The van der Waals surface area contributed by atoms with Crippen LogP contribution in [0.3, 0.4) is 0 Å². The number of rotatable bonds is 6. The van der Waals surface area contributed by atoms with Gasteiger partial charge in [0.05, 0.1) is 12.1 Å². The standard InChI is InChI=1S/C21H23ClN2O4/c1-14(20(26)23-17-7-3-4-8-17)28-21(27)16-10-11-19(25)24(13-16)12-15-6-2-5-9-18(15)22/h2,5-6,9-11,13-14,17H,3-4,7-8,12H2,1H3,(H,23,26)/t14-/m1/s1. The first-order valence-corrected chi connectivity index (χ1v) is 9.77. The first-order valence-electron chi connectivity index (χ1n) is 9.39. The molecule has 0 bridgehead atoms. The molecule has 1 aromatic carbocycles. The van der Waals surface area contributed by atoms with E-state index in [1.54, 1.807) is 19.1 Å². The van der Waals surface area contributed by atoms with E-state index >= 15 is 0 Å². The van der Waals surface area contributed by atoms with E-state index in [4.69, 9.17) is 16.3 Å². The molecule has 148 valence electrons. The monoisotopic (exact) mass is 402 g/mol. The Bertz CT molecular complexity index is 919. The van der Waals surface area contributed by atoms with E-state index in [9.17, 15) is 14.4 Å². The average molecular weight is 403 g/mol. The summed E-state index contributed by atoms with van der Waals surface area (Å²) in [5, 5.41) is 3.45. The molecule has 0 spiro atoms. The molecular weight excluding hydrogens is 380 g/mol. The highest BCUT2D eigenvalue weighted by Crippen LogP contribution is 2.18. The topological polar surface area (TPSA) is 77.4 Å². The minimum Gasteiger partial charge on any atom is -0.449 e. The summed E-state index contributed by atoms with van der Waals surface area (Å²) in [6, 6.07) is 10.0. The quantitative estimate of drug-likeness (QED) is 0.753. The number of nitrogens with zero attached hydrogens (tertiary/aromatic N) is 1. The second kappa shape index (κ2) is 9.06. The normalized spacial score (nSPS) is 15.2. The molecule has 0 unspecified atom stereocenters. The highest BCUT2D eigenvalue weighted by Gasteiger charge is 2.23. The van der Waals surface area contributed by atoms with Crippen LogP contribution in [0.2, 0.25) is 5.02 Å². The van der Waals surface area contributed by atoms with Gasteiger partial charge < -0.3 is 14.6 Å². The zero-order valence-electron chi connectivity index (χ0n) is 15.7. The molecule has 7 heteroatoms. The van der Waals surface area contributed by atoms with Gasteiger partial charge in [-0.15, -0.1) is 0 Å². The highest BCUT2D eigenvalue weighted by atomic mass is 35.5. The van der Waals surface area contributed by atoms with Crippen molar-refractivity contribution in [2.45, 2.75) is 51.3 Å². The Hall–Kier alpha value is -2.60. The number of halogens is 1. The smallest absolute Gasteiger partial charge is 0.340 e. The van der Waals surface area contributed by atoms with E-state index in [0.29, 0.717) is 5.02 Å². The Morgan fingerprint density at radius 2 is 1.93 bits per heavy atom. The lowest BCUT2D eigenvalue weighted by molar-refractivity contribution is -0.129. The number of ether oxygens (including phenoxy) is 1. The molecule has 28 heavy (non-hydrogen) atoms. The molecular formula is C21H23ClN2O4. The highest BCUT2D eigenvalue weighted by molar-refractivity contribution is 6.31. The fourth-order valence-electron chi connectivity index (χ4n) is 3.26. The summed E-state index contributed by atoms with van der Waals surface area (Å²) >= 11 is 6.15. The maximum atomic E-state index is 12.4. The van der Waals surface area contributed by atoms with Crippen molar-refractivity contribution in [2.75, 3.05) is 0 Å². The SMILES string of the molecule is C[C@@H](OC(=O)c1ccc(=O)n(Cc2ccccc2Cl)c1)C(=O)NC1CCCC1. The third-order valence-electron chi connectivity index (χ3n) is 4.87. The van der Waals surface area contributed by atoms with E-state index in [1.807, 2.05) is 12.1 Å². The van der Waals surface area contributed by atoms with Gasteiger partial charge in [-0.2, -0.15) is 0 Å². The molecule has 1 saturated carbocycles. The van der Waals surface area contributed by atoms with Crippen LogP contribution in [-0.2, 0) is 16.1 Å². The van der Waals surface area contributed by atoms with Gasteiger partial charge in [0.25, 0.3) is 11.5 Å². The van der Waals surface area contributed by atoms with Crippen molar-refractivity contribution in [3.63, 3.8) is 0 Å². The minimum absolute atomic E-state index is 0.158. The number of hydrogen-bond acceptors (Lipinski definition) is 4. The van der Waals surface area contributed by atoms with Crippen molar-refractivity contribution in [3.05, 3.63) is 69.1 Å². The lowest BCUT2D eigenvalue weighted by atomic mass is 10.2. The summed E-state index contributed by atoms with van der Waals surface area (Å²) in [5.74, 6) is -0.952. The summed E-state index contributed by atoms with van der Waals surface area (Å²) in [7, 11) is 0. The van der Waals surface area contributed by atoms with Crippen LogP contribution in [0.15, 0.2) is 47.4 Å². The van der Waals surface area contributed by atoms with Crippen LogP contribution in [0.4, 0.5) is 0 Å². The minimum atomic E-state index is -0.906. The third kappa shape index (κ3) is 5.01. The number of nitrogens with one attached hydrogen (secondary N) is 1. The molecule has 6 nitrogen and oxygen atoms in total. The second-order valence-corrected chi connectivity index (χ2v) is 7.42. The first-order chi connectivity index (χ1) is 13.4. The molecule has 1 aliphatic carbocycles. The van der Waals surface area contributed by atoms with E-state index in [-0.39, 0.29) is 29.6 Å². The molecule has 1 N–H and O–H groups in total. The lowest BCUT2D eigenvalue weighted by Gasteiger charge is -2.17. The van der Waals surface area contributed by atoms with E-state index in [0.717, 1.165) is 31.2 Å². The van der Waals surface area contributed by atoms with Crippen LogP contribution in [-0.4, -0.2) is 28.6 Å². The fraction of sp³-hybridized carbons (Fsp3) is 0.381. The zero-order chi connectivity index (χ0) is 20.1. The Morgan fingerprint density at radius 3 is 2.64 bits per heavy atom. The molecule has 1 aliphatic rings. The predicted octanol–water partition coefficient (Wildman–Crippen LogP) is 3.15. The van der Waals surface area contributed by atoms with Crippen molar-refractivity contribution in [2.24, 2.45) is 0 Å². The summed E-state index contributed by atoms with van der Waals surface area (Å²) in [4.78, 5) is 36.8. The second-order valence-electron chi connectivity index (χ2n) is 7.01. The molecule has 1 heterocycles. The largest absolute Gasteiger partial charge is 0.449 e. The van der Waals surface area contributed by atoms with Crippen molar-refractivity contribution in [1.82, 2.24) is 9.88 Å². The van der Waals surface area contributed by atoms with Gasteiger partial charge in [0.1, 0.15) is 0 Å². The molecule has 1 atom stereocenters. The van der Waals surface area contributed by atoms with Crippen LogP contribution >= 0.6 is 11.6 Å². The van der Waals surface area contributed by atoms with Crippen LogP contribution < -0.4 is 10.9 Å². The summed E-state index contributed by atoms with van der Waals surface area (Å²) in [5.41, 5.74) is 0.705. The number of aromatic nitrogens is 1. The van der Waals surface area contributed by atoms with Crippen LogP contribution in [0, 0.1) is 0 Å². The average Bonchev–Trinajstić information content (AvgIpc) is 3.18. The molecule has 3 rings (SSSR count). The number of carbonyl (C=O) groups is 2. The van der Waals surface area contributed by atoms with Crippen molar-refractivity contribution in [1.29, 1.82) is 0 Å². The molecule has 1 aromatic heterocycles. The maximum absolute atomic E-state index is 12.4. The van der Waals surface area contributed by atoms with Crippen LogP contribution in [0.5, 0.6) is 0 Å². The Kier molecular flexibility index (Phi) is 6.52. The number of benzene rings is 1. The molecule has 0 radical (unpaired) electrons. The van der Waals surface area contributed by atoms with E-state index in [2.05, 4.69) is 5.32 Å². The van der Waals surface area contributed by atoms with E-state index in [1.165, 1.54) is 22.9 Å². The molecule has 0 aliphatic heterocycles. The number of carbonyl (C=O) groups excluding carboxylic acids is 2. The molecule has 1 amide bonds. The van der Waals surface area contributed by atoms with Gasteiger partial charge in [0.2, 0.25) is 0 Å². The third-order valence-corrected chi connectivity index (χ3v) is 5.24. The van der Waals surface area contributed by atoms with Gasteiger partial charge in [-0.25, -0.2) is 4.79 Å². The fourth-order valence-corrected chi connectivity index (χ4v) is 3.45. The predicted molar refractivity (Wildman–Crippen MR) is 107 cm³/mol. The number of amides is 1. The molecule has 0 saturated heterocycles. The van der Waals surface area contributed by atoms with Crippen molar-refractivity contribution < 1.29 is 14.3 Å². The molecule has 2 aromatic rings.